The van der Waals surface area contributed by atoms with Gasteiger partial charge >= 0.3 is 5.97 Å². The van der Waals surface area contributed by atoms with Crippen LogP contribution in [0.1, 0.15) is 45.1 Å². The highest BCUT2D eigenvalue weighted by atomic mass is 16.4. The quantitative estimate of drug-likeness (QED) is 0.694. The maximum atomic E-state index is 12.4. The van der Waals surface area contributed by atoms with Crippen LogP contribution in [0.2, 0.25) is 0 Å². The number of carbonyl (C=O) groups excluding carboxylic acids is 2. The van der Waals surface area contributed by atoms with Gasteiger partial charge in [0.2, 0.25) is 5.91 Å². The molecular weight excluding hydrogens is 294 g/mol. The van der Waals surface area contributed by atoms with Gasteiger partial charge in [0.05, 0.1) is 6.04 Å². The molecule has 0 aromatic heterocycles. The minimum atomic E-state index is -0.922. The molecule has 0 saturated heterocycles. The number of nitrogens with one attached hydrogen (secondary N) is 1. The molecule has 2 N–H and O–H groups in total. The van der Waals surface area contributed by atoms with Crippen LogP contribution in [0.5, 0.6) is 0 Å². The van der Waals surface area contributed by atoms with Crippen LogP contribution in [0, 0.1) is 5.92 Å². The number of carboxylic acids is 1. The molecule has 1 atom stereocenters. The molecule has 1 amide bonds. The first-order valence-corrected chi connectivity index (χ1v) is 7.96. The van der Waals surface area contributed by atoms with Gasteiger partial charge in [0.25, 0.3) is 0 Å². The summed E-state index contributed by atoms with van der Waals surface area (Å²) >= 11 is 0. The lowest BCUT2D eigenvalue weighted by Crippen LogP contribution is -2.42. The van der Waals surface area contributed by atoms with Crippen LogP contribution in [0.25, 0.3) is 0 Å². The van der Waals surface area contributed by atoms with E-state index in [9.17, 15) is 14.4 Å². The molecule has 5 nitrogen and oxygen atoms in total. The normalized spacial score (nSPS) is 12.0. The molecule has 0 fully saturated rings. The molecule has 0 radical (unpaired) electrons. The van der Waals surface area contributed by atoms with Crippen molar-refractivity contribution in [2.75, 3.05) is 0 Å². The van der Waals surface area contributed by atoms with Gasteiger partial charge in [-0.05, 0) is 24.3 Å². The molecule has 1 aromatic rings. The third-order valence-corrected chi connectivity index (χ3v) is 3.41. The van der Waals surface area contributed by atoms with Crippen molar-refractivity contribution < 1.29 is 19.5 Å². The summed E-state index contributed by atoms with van der Waals surface area (Å²) < 4.78 is 0. The maximum absolute atomic E-state index is 12.4. The highest BCUT2D eigenvalue weighted by Crippen LogP contribution is 2.10. The van der Waals surface area contributed by atoms with Gasteiger partial charge < -0.3 is 10.4 Å². The van der Waals surface area contributed by atoms with Gasteiger partial charge in [0.15, 0.2) is 5.78 Å². The van der Waals surface area contributed by atoms with Gasteiger partial charge in [-0.2, -0.15) is 0 Å². The van der Waals surface area contributed by atoms with Crippen LogP contribution >= 0.6 is 0 Å². The van der Waals surface area contributed by atoms with Crippen LogP contribution in [0.4, 0.5) is 0 Å². The van der Waals surface area contributed by atoms with Crippen LogP contribution in [0.15, 0.2) is 30.3 Å². The lowest BCUT2D eigenvalue weighted by Gasteiger charge is -2.19. The third kappa shape index (κ3) is 8.14. The molecule has 0 bridgehead atoms. The fourth-order valence-electron chi connectivity index (χ4n) is 2.31. The molecule has 5 heteroatoms. The fraction of sp³-hybridized carbons (Fsp3) is 0.500. The van der Waals surface area contributed by atoms with Gasteiger partial charge in [0, 0.05) is 19.3 Å². The second kappa shape index (κ2) is 9.77. The minimum Gasteiger partial charge on any atom is -0.481 e. The van der Waals surface area contributed by atoms with E-state index in [4.69, 9.17) is 5.11 Å². The predicted molar refractivity (Wildman–Crippen MR) is 88.0 cm³/mol. The van der Waals surface area contributed by atoms with Gasteiger partial charge in [-0.3, -0.25) is 14.4 Å². The number of aliphatic carboxylic acids is 1. The third-order valence-electron chi connectivity index (χ3n) is 3.41. The lowest BCUT2D eigenvalue weighted by atomic mass is 9.96. The smallest absolute Gasteiger partial charge is 0.303 e. The van der Waals surface area contributed by atoms with E-state index in [1.54, 1.807) is 0 Å². The van der Waals surface area contributed by atoms with Crippen LogP contribution in [0.3, 0.4) is 0 Å². The Morgan fingerprint density at radius 2 is 1.74 bits per heavy atom. The van der Waals surface area contributed by atoms with Crippen molar-refractivity contribution >= 4 is 17.7 Å². The summed E-state index contributed by atoms with van der Waals surface area (Å²) in [4.78, 5) is 34.8. The van der Waals surface area contributed by atoms with E-state index < -0.39 is 12.0 Å². The Bertz CT molecular complexity index is 525. The molecule has 0 aliphatic rings. The summed E-state index contributed by atoms with van der Waals surface area (Å²) in [5.74, 6) is -0.959. The molecule has 0 saturated carbocycles. The average Bonchev–Trinajstić information content (AvgIpc) is 2.46. The molecule has 0 aliphatic heterocycles. The fourth-order valence-corrected chi connectivity index (χ4v) is 2.31. The summed E-state index contributed by atoms with van der Waals surface area (Å²) in [6, 6.07) is 8.98. The Morgan fingerprint density at radius 3 is 2.30 bits per heavy atom. The zero-order valence-electron chi connectivity index (χ0n) is 13.7. The summed E-state index contributed by atoms with van der Waals surface area (Å²) in [6.07, 6.45) is 1.21. The first-order chi connectivity index (χ1) is 10.9. The second-order valence-electron chi connectivity index (χ2n) is 6.12. The minimum absolute atomic E-state index is 0.00966. The Balaban J connectivity index is 2.65. The van der Waals surface area contributed by atoms with Crippen LogP contribution < -0.4 is 5.32 Å². The van der Waals surface area contributed by atoms with Crippen molar-refractivity contribution in [3.05, 3.63) is 35.9 Å². The van der Waals surface area contributed by atoms with Crippen LogP contribution in [-0.4, -0.2) is 28.8 Å². The van der Waals surface area contributed by atoms with Gasteiger partial charge in [0.1, 0.15) is 0 Å². The highest BCUT2D eigenvalue weighted by molar-refractivity contribution is 5.89. The number of benzene rings is 1. The van der Waals surface area contributed by atoms with Crippen molar-refractivity contribution in [2.24, 2.45) is 5.92 Å². The number of hydrogen-bond acceptors (Lipinski definition) is 3. The van der Waals surface area contributed by atoms with Gasteiger partial charge in [-0.1, -0.05) is 44.2 Å². The van der Waals surface area contributed by atoms with Crippen molar-refractivity contribution in [3.63, 3.8) is 0 Å². The molecular formula is C18H25NO4. The Labute approximate surface area is 137 Å². The van der Waals surface area contributed by atoms with E-state index in [1.165, 1.54) is 0 Å². The topological polar surface area (TPSA) is 83.5 Å². The van der Waals surface area contributed by atoms with Crippen molar-refractivity contribution in [2.45, 2.75) is 52.0 Å². The molecule has 23 heavy (non-hydrogen) atoms. The second-order valence-corrected chi connectivity index (χ2v) is 6.12. The lowest BCUT2D eigenvalue weighted by molar-refractivity contribution is -0.137. The van der Waals surface area contributed by atoms with E-state index in [0.29, 0.717) is 12.8 Å². The Kier molecular flexibility index (Phi) is 8.02. The van der Waals surface area contributed by atoms with Crippen LogP contribution in [-0.2, 0) is 20.8 Å². The predicted octanol–water partition coefficient (Wildman–Crippen LogP) is 2.58. The number of carbonyl (C=O) groups is 3. The summed E-state index contributed by atoms with van der Waals surface area (Å²) in [7, 11) is 0. The van der Waals surface area contributed by atoms with E-state index in [2.05, 4.69) is 5.32 Å². The molecule has 126 valence electrons. The standard InChI is InChI=1S/C18H25NO4/c1-13(2)11-16(20)15(12-14-7-4-3-5-8-14)19-17(21)9-6-10-18(22)23/h3-5,7-8,13,15H,6,9-12H2,1-2H3,(H,19,21)(H,22,23). The largest absolute Gasteiger partial charge is 0.481 e. The summed E-state index contributed by atoms with van der Waals surface area (Å²) in [5, 5.41) is 11.4. The van der Waals surface area contributed by atoms with E-state index in [0.717, 1.165) is 5.56 Å². The SMILES string of the molecule is CC(C)CC(=O)C(Cc1ccccc1)NC(=O)CCCC(=O)O. The Hall–Kier alpha value is -2.17. The van der Waals surface area contributed by atoms with E-state index in [-0.39, 0.29) is 36.9 Å². The zero-order valence-corrected chi connectivity index (χ0v) is 13.7. The molecule has 1 unspecified atom stereocenters. The molecule has 1 aromatic carbocycles. The number of amides is 1. The zero-order chi connectivity index (χ0) is 17.2. The molecule has 0 aliphatic carbocycles. The maximum Gasteiger partial charge on any atom is 0.303 e. The molecule has 0 spiro atoms. The number of rotatable bonds is 10. The van der Waals surface area contributed by atoms with Gasteiger partial charge in [-0.15, -0.1) is 0 Å². The van der Waals surface area contributed by atoms with Crippen molar-refractivity contribution in [1.82, 2.24) is 5.32 Å². The number of Topliss-reactive ketones (excluding diaryl/α,β-unsaturated/α-hetero) is 1. The molecule has 1 rings (SSSR count). The highest BCUT2D eigenvalue weighted by Gasteiger charge is 2.21. The van der Waals surface area contributed by atoms with Gasteiger partial charge in [-0.25, -0.2) is 0 Å². The first-order valence-electron chi connectivity index (χ1n) is 7.96. The monoisotopic (exact) mass is 319 g/mol. The van der Waals surface area contributed by atoms with E-state index >= 15 is 0 Å². The van der Waals surface area contributed by atoms with E-state index in [1.807, 2.05) is 44.2 Å². The Morgan fingerprint density at radius 1 is 1.09 bits per heavy atom. The number of carboxylic acid groups (broad SMARTS) is 1. The number of ketones is 1. The number of hydrogen-bond donors (Lipinski definition) is 2. The van der Waals surface area contributed by atoms with Crippen molar-refractivity contribution in [1.29, 1.82) is 0 Å². The summed E-state index contributed by atoms with van der Waals surface area (Å²) in [5.41, 5.74) is 0.987. The average molecular weight is 319 g/mol. The van der Waals surface area contributed by atoms with Crippen molar-refractivity contribution in [3.8, 4) is 0 Å². The summed E-state index contributed by atoms with van der Waals surface area (Å²) in [6.45, 7) is 3.93. The first kappa shape index (κ1) is 18.9. The molecule has 0 heterocycles.